The van der Waals surface area contributed by atoms with Crippen molar-refractivity contribution >= 4 is 21.6 Å². The number of thioether (sulfide) groups is 1. The minimum absolute atomic E-state index is 0.259. The van der Waals surface area contributed by atoms with Crippen LogP contribution in [0.3, 0.4) is 0 Å². The molecule has 0 radical (unpaired) electrons. The van der Waals surface area contributed by atoms with Gasteiger partial charge in [-0.25, -0.2) is 8.42 Å². The standard InChI is InChI=1S/C16H25NO2S2/c1-12(17-14-6-8-15(20-2)9-7-14)13-4-10-16(11-5-13)21(3,18)19/h4-5,10-12,14-15,17H,6-9H2,1-3H3. The molecule has 1 N–H and O–H groups in total. The molecule has 1 atom stereocenters. The van der Waals surface area contributed by atoms with Gasteiger partial charge < -0.3 is 5.32 Å². The molecule has 1 saturated carbocycles. The van der Waals surface area contributed by atoms with Crippen LogP contribution in [0.25, 0.3) is 0 Å². The fraction of sp³-hybridized carbons (Fsp3) is 0.625. The van der Waals surface area contributed by atoms with Crippen molar-refractivity contribution in [2.24, 2.45) is 0 Å². The molecular weight excluding hydrogens is 302 g/mol. The van der Waals surface area contributed by atoms with Crippen LogP contribution >= 0.6 is 11.8 Å². The Hall–Kier alpha value is -0.520. The maximum absolute atomic E-state index is 11.5. The highest BCUT2D eigenvalue weighted by molar-refractivity contribution is 7.99. The Morgan fingerprint density at radius 3 is 2.19 bits per heavy atom. The quantitative estimate of drug-likeness (QED) is 0.900. The molecule has 1 aliphatic carbocycles. The van der Waals surface area contributed by atoms with Crippen LogP contribution in [0.1, 0.15) is 44.2 Å². The van der Waals surface area contributed by atoms with Crippen molar-refractivity contribution in [3.8, 4) is 0 Å². The van der Waals surface area contributed by atoms with Gasteiger partial charge in [0.15, 0.2) is 9.84 Å². The first-order chi connectivity index (χ1) is 9.90. The van der Waals surface area contributed by atoms with E-state index in [4.69, 9.17) is 0 Å². The molecule has 0 heterocycles. The van der Waals surface area contributed by atoms with Crippen LogP contribution in [0.5, 0.6) is 0 Å². The van der Waals surface area contributed by atoms with Gasteiger partial charge in [0.2, 0.25) is 0 Å². The number of benzene rings is 1. The Balaban J connectivity index is 1.93. The Kier molecular flexibility index (Phi) is 5.74. The maximum atomic E-state index is 11.5. The fourth-order valence-electron chi connectivity index (χ4n) is 2.92. The first-order valence-electron chi connectivity index (χ1n) is 7.49. The third kappa shape index (κ3) is 4.73. The molecule has 0 aromatic heterocycles. The minimum Gasteiger partial charge on any atom is -0.307 e. The van der Waals surface area contributed by atoms with Crippen LogP contribution in [-0.4, -0.2) is 32.2 Å². The van der Waals surface area contributed by atoms with Crippen molar-refractivity contribution in [2.75, 3.05) is 12.5 Å². The van der Waals surface area contributed by atoms with E-state index in [0.717, 1.165) is 10.8 Å². The molecule has 1 aromatic carbocycles. The largest absolute Gasteiger partial charge is 0.307 e. The van der Waals surface area contributed by atoms with Gasteiger partial charge in [0.25, 0.3) is 0 Å². The molecule has 1 aromatic rings. The molecule has 1 unspecified atom stereocenters. The lowest BCUT2D eigenvalue weighted by atomic mass is 9.94. The number of hydrogen-bond donors (Lipinski definition) is 1. The third-order valence-corrected chi connectivity index (χ3v) is 6.57. The first-order valence-corrected chi connectivity index (χ1v) is 10.7. The van der Waals surface area contributed by atoms with E-state index >= 15 is 0 Å². The van der Waals surface area contributed by atoms with Crippen molar-refractivity contribution in [1.29, 1.82) is 0 Å². The number of hydrogen-bond acceptors (Lipinski definition) is 4. The second kappa shape index (κ2) is 7.16. The third-order valence-electron chi connectivity index (χ3n) is 4.30. The summed E-state index contributed by atoms with van der Waals surface area (Å²) in [5.74, 6) is 0. The van der Waals surface area contributed by atoms with Crippen LogP contribution in [0.2, 0.25) is 0 Å². The molecule has 0 spiro atoms. The molecule has 0 saturated heterocycles. The lowest BCUT2D eigenvalue weighted by molar-refractivity contribution is 0.352. The Morgan fingerprint density at radius 2 is 1.71 bits per heavy atom. The zero-order chi connectivity index (χ0) is 15.5. The lowest BCUT2D eigenvalue weighted by Gasteiger charge is -2.30. The van der Waals surface area contributed by atoms with E-state index in [-0.39, 0.29) is 6.04 Å². The van der Waals surface area contributed by atoms with Crippen LogP contribution in [-0.2, 0) is 9.84 Å². The minimum atomic E-state index is -3.10. The van der Waals surface area contributed by atoms with Gasteiger partial charge in [0.1, 0.15) is 0 Å². The summed E-state index contributed by atoms with van der Waals surface area (Å²) >= 11 is 1.98. The van der Waals surface area contributed by atoms with Gasteiger partial charge in [0, 0.05) is 23.6 Å². The molecule has 1 aliphatic rings. The van der Waals surface area contributed by atoms with Gasteiger partial charge >= 0.3 is 0 Å². The molecule has 118 valence electrons. The number of rotatable bonds is 5. The molecule has 1 fully saturated rings. The van der Waals surface area contributed by atoms with Gasteiger partial charge in [-0.15, -0.1) is 0 Å². The lowest BCUT2D eigenvalue weighted by Crippen LogP contribution is -2.35. The average Bonchev–Trinajstić information content (AvgIpc) is 2.47. The predicted molar refractivity (Wildman–Crippen MR) is 90.7 cm³/mol. The van der Waals surface area contributed by atoms with Crippen molar-refractivity contribution in [1.82, 2.24) is 5.32 Å². The Bertz CT molecular complexity index is 546. The second-order valence-electron chi connectivity index (χ2n) is 5.94. The summed E-state index contributed by atoms with van der Waals surface area (Å²) < 4.78 is 22.9. The average molecular weight is 328 g/mol. The molecular formula is C16H25NO2S2. The van der Waals surface area contributed by atoms with Crippen molar-refractivity contribution in [3.05, 3.63) is 29.8 Å². The summed E-state index contributed by atoms with van der Waals surface area (Å²) in [4.78, 5) is 0.388. The van der Waals surface area contributed by atoms with Gasteiger partial charge in [-0.3, -0.25) is 0 Å². The van der Waals surface area contributed by atoms with E-state index in [0.29, 0.717) is 10.9 Å². The Morgan fingerprint density at radius 1 is 1.14 bits per heavy atom. The number of sulfone groups is 1. The Labute approximate surface area is 132 Å². The van der Waals surface area contributed by atoms with E-state index in [1.807, 2.05) is 23.9 Å². The van der Waals surface area contributed by atoms with Crippen LogP contribution in [0, 0.1) is 0 Å². The number of nitrogens with one attached hydrogen (secondary N) is 1. The van der Waals surface area contributed by atoms with E-state index in [2.05, 4.69) is 18.5 Å². The topological polar surface area (TPSA) is 46.2 Å². The van der Waals surface area contributed by atoms with Gasteiger partial charge in [-0.2, -0.15) is 11.8 Å². The van der Waals surface area contributed by atoms with E-state index in [1.54, 1.807) is 12.1 Å². The molecule has 5 heteroatoms. The summed E-state index contributed by atoms with van der Waals surface area (Å²) in [6, 6.07) is 8.08. The van der Waals surface area contributed by atoms with Crippen LogP contribution in [0.15, 0.2) is 29.2 Å². The summed E-state index contributed by atoms with van der Waals surface area (Å²) in [6.07, 6.45) is 8.49. The van der Waals surface area contributed by atoms with E-state index in [1.165, 1.54) is 31.9 Å². The van der Waals surface area contributed by atoms with Crippen molar-refractivity contribution in [2.45, 2.75) is 54.8 Å². The monoisotopic (exact) mass is 327 g/mol. The molecule has 0 aliphatic heterocycles. The summed E-state index contributed by atoms with van der Waals surface area (Å²) in [5.41, 5.74) is 1.15. The highest BCUT2D eigenvalue weighted by Crippen LogP contribution is 2.28. The van der Waals surface area contributed by atoms with Crippen molar-refractivity contribution < 1.29 is 8.42 Å². The predicted octanol–water partition coefficient (Wildman–Crippen LogP) is 3.41. The summed E-state index contributed by atoms with van der Waals surface area (Å²) in [6.45, 7) is 2.15. The smallest absolute Gasteiger partial charge is 0.175 e. The van der Waals surface area contributed by atoms with Gasteiger partial charge in [-0.1, -0.05) is 12.1 Å². The molecule has 2 rings (SSSR count). The summed E-state index contributed by atoms with van der Waals surface area (Å²) in [7, 11) is -3.10. The van der Waals surface area contributed by atoms with Gasteiger partial charge in [-0.05, 0) is 56.6 Å². The van der Waals surface area contributed by atoms with Crippen LogP contribution < -0.4 is 5.32 Å². The molecule has 0 bridgehead atoms. The van der Waals surface area contributed by atoms with Gasteiger partial charge in [0.05, 0.1) is 4.90 Å². The normalized spacial score (nSPS) is 24.7. The second-order valence-corrected chi connectivity index (χ2v) is 9.09. The zero-order valence-electron chi connectivity index (χ0n) is 13.0. The van der Waals surface area contributed by atoms with E-state index in [9.17, 15) is 8.42 Å². The van der Waals surface area contributed by atoms with E-state index < -0.39 is 9.84 Å². The van der Waals surface area contributed by atoms with Crippen LogP contribution in [0.4, 0.5) is 0 Å². The van der Waals surface area contributed by atoms with Crippen molar-refractivity contribution in [3.63, 3.8) is 0 Å². The SMILES string of the molecule is CSC1CCC(NC(C)c2ccc(S(C)(=O)=O)cc2)CC1. The fourth-order valence-corrected chi connectivity index (χ4v) is 4.29. The first kappa shape index (κ1) is 16.8. The molecule has 3 nitrogen and oxygen atoms in total. The molecule has 0 amide bonds. The highest BCUT2D eigenvalue weighted by atomic mass is 32.2. The molecule has 21 heavy (non-hydrogen) atoms. The maximum Gasteiger partial charge on any atom is 0.175 e. The summed E-state index contributed by atoms with van der Waals surface area (Å²) in [5, 5.41) is 4.51. The zero-order valence-corrected chi connectivity index (χ0v) is 14.6. The highest BCUT2D eigenvalue weighted by Gasteiger charge is 2.21.